The third-order valence-corrected chi connectivity index (χ3v) is 2.31. The number of carbonyl (C=O) groups excluding carboxylic acids is 1. The lowest BCUT2D eigenvalue weighted by molar-refractivity contribution is -0.136. The maximum Gasteiger partial charge on any atom is 0.338 e. The molecule has 2 heteroatoms. The van der Waals surface area contributed by atoms with Crippen molar-refractivity contribution in [2.45, 2.75) is 27.2 Å². The molecule has 0 aliphatic carbocycles. The summed E-state index contributed by atoms with van der Waals surface area (Å²) in [5, 5.41) is 0. The van der Waals surface area contributed by atoms with Crippen LogP contribution in [-0.2, 0) is 9.53 Å². The molecular weight excluding hydrogens is 200 g/mol. The Morgan fingerprint density at radius 3 is 2.44 bits per heavy atom. The number of carbonyl (C=O) groups is 1. The second-order valence-corrected chi connectivity index (χ2v) is 3.70. The predicted molar refractivity (Wildman–Crippen MR) is 66.1 cm³/mol. The normalized spacial score (nSPS) is 11.3. The summed E-state index contributed by atoms with van der Waals surface area (Å²) in [5.41, 5.74) is 2.73. The Bertz CT molecular complexity index is 374. The number of ether oxygens (including phenoxy) is 1. The van der Waals surface area contributed by atoms with E-state index in [2.05, 4.69) is 0 Å². The summed E-state index contributed by atoms with van der Waals surface area (Å²) >= 11 is 0. The van der Waals surface area contributed by atoms with Gasteiger partial charge in [-0.2, -0.15) is 0 Å². The minimum Gasteiger partial charge on any atom is -0.462 e. The monoisotopic (exact) mass is 218 g/mol. The summed E-state index contributed by atoms with van der Waals surface area (Å²) in [5.74, 6) is -0.242. The van der Waals surface area contributed by atoms with E-state index in [4.69, 9.17) is 4.74 Å². The van der Waals surface area contributed by atoms with Crippen molar-refractivity contribution in [3.8, 4) is 0 Å². The van der Waals surface area contributed by atoms with E-state index in [1.54, 1.807) is 6.08 Å². The molecule has 2 nitrogen and oxygen atoms in total. The largest absolute Gasteiger partial charge is 0.462 e. The van der Waals surface area contributed by atoms with Crippen molar-refractivity contribution in [2.24, 2.45) is 0 Å². The number of aryl methyl sites for hydroxylation is 1. The minimum absolute atomic E-state index is 0.242. The Hall–Kier alpha value is -1.57. The van der Waals surface area contributed by atoms with Crippen molar-refractivity contribution in [3.63, 3.8) is 0 Å². The molecule has 1 aromatic rings. The molecular formula is C14H18O2. The number of hydrogen-bond donors (Lipinski definition) is 0. The van der Waals surface area contributed by atoms with Gasteiger partial charge in [0.2, 0.25) is 0 Å². The molecule has 0 aliphatic rings. The highest BCUT2D eigenvalue weighted by atomic mass is 16.5. The fraction of sp³-hybridized carbons (Fsp3) is 0.357. The van der Waals surface area contributed by atoms with Crippen molar-refractivity contribution >= 4 is 11.5 Å². The molecule has 1 aromatic carbocycles. The molecule has 1 rings (SSSR count). The molecule has 0 spiro atoms. The summed E-state index contributed by atoms with van der Waals surface area (Å²) < 4.78 is 5.12. The first kappa shape index (κ1) is 12.5. The van der Waals surface area contributed by atoms with E-state index >= 15 is 0 Å². The smallest absolute Gasteiger partial charge is 0.338 e. The molecule has 0 unspecified atom stereocenters. The lowest BCUT2D eigenvalue weighted by Gasteiger charge is -2.07. The number of rotatable bonds is 4. The van der Waals surface area contributed by atoms with Crippen LogP contribution < -0.4 is 0 Å². The molecule has 0 fully saturated rings. The first-order valence-corrected chi connectivity index (χ1v) is 5.59. The minimum atomic E-state index is -0.242. The zero-order chi connectivity index (χ0) is 12.0. The van der Waals surface area contributed by atoms with Crippen molar-refractivity contribution in [2.75, 3.05) is 6.61 Å². The van der Waals surface area contributed by atoms with Crippen LogP contribution in [0.4, 0.5) is 0 Å². The van der Waals surface area contributed by atoms with Crippen LogP contribution in [0.3, 0.4) is 0 Å². The number of allylic oxidation sites excluding steroid dienone is 1. The van der Waals surface area contributed by atoms with Crippen LogP contribution >= 0.6 is 0 Å². The standard InChI is InChI=1S/C14H18O2/c1-4-10-16-14(15)13(5-2)12-8-6-11(3)7-9-12/h5-9H,4,10H2,1-3H3/b13-5+. The maximum atomic E-state index is 11.7. The summed E-state index contributed by atoms with van der Waals surface area (Å²) in [6.07, 6.45) is 2.64. The highest BCUT2D eigenvalue weighted by Crippen LogP contribution is 2.16. The van der Waals surface area contributed by atoms with Crippen molar-refractivity contribution in [3.05, 3.63) is 41.5 Å². The average Bonchev–Trinajstić information content (AvgIpc) is 2.30. The van der Waals surface area contributed by atoms with E-state index in [0.29, 0.717) is 12.2 Å². The molecule has 0 saturated carbocycles. The number of esters is 1. The van der Waals surface area contributed by atoms with Gasteiger partial charge in [-0.1, -0.05) is 42.8 Å². The molecule has 0 atom stereocenters. The predicted octanol–water partition coefficient (Wildman–Crippen LogP) is 3.35. The molecule has 0 saturated heterocycles. The Balaban J connectivity index is 2.83. The first-order chi connectivity index (χ1) is 7.69. The summed E-state index contributed by atoms with van der Waals surface area (Å²) in [6, 6.07) is 7.87. The van der Waals surface area contributed by atoms with E-state index in [1.807, 2.05) is 45.0 Å². The average molecular weight is 218 g/mol. The van der Waals surface area contributed by atoms with Gasteiger partial charge in [0.1, 0.15) is 0 Å². The van der Waals surface area contributed by atoms with E-state index in [0.717, 1.165) is 12.0 Å². The quantitative estimate of drug-likeness (QED) is 0.572. The maximum absolute atomic E-state index is 11.7. The molecule has 16 heavy (non-hydrogen) atoms. The van der Waals surface area contributed by atoms with Crippen LogP contribution in [0.2, 0.25) is 0 Å². The lowest BCUT2D eigenvalue weighted by atomic mass is 10.0. The summed E-state index contributed by atoms with van der Waals surface area (Å²) in [6.45, 7) is 6.33. The van der Waals surface area contributed by atoms with Gasteiger partial charge >= 0.3 is 5.97 Å². The zero-order valence-electron chi connectivity index (χ0n) is 10.1. The molecule has 0 bridgehead atoms. The first-order valence-electron chi connectivity index (χ1n) is 5.59. The fourth-order valence-electron chi connectivity index (χ4n) is 1.41. The molecule has 0 amide bonds. The van der Waals surface area contributed by atoms with Gasteiger partial charge in [-0.05, 0) is 25.8 Å². The molecule has 0 aliphatic heterocycles. The van der Waals surface area contributed by atoms with Gasteiger partial charge in [0.05, 0.1) is 12.2 Å². The van der Waals surface area contributed by atoms with Crippen molar-refractivity contribution < 1.29 is 9.53 Å². The molecule has 0 heterocycles. The van der Waals surface area contributed by atoms with Gasteiger partial charge in [0.15, 0.2) is 0 Å². The van der Waals surface area contributed by atoms with Crippen LogP contribution in [0.5, 0.6) is 0 Å². The third-order valence-electron chi connectivity index (χ3n) is 2.31. The zero-order valence-corrected chi connectivity index (χ0v) is 10.1. The Kier molecular flexibility index (Phi) is 4.77. The highest BCUT2D eigenvalue weighted by molar-refractivity contribution is 6.16. The van der Waals surface area contributed by atoms with Crippen LogP contribution in [-0.4, -0.2) is 12.6 Å². The molecule has 0 aromatic heterocycles. The van der Waals surface area contributed by atoms with Gasteiger partial charge < -0.3 is 4.74 Å². The summed E-state index contributed by atoms with van der Waals surface area (Å²) in [4.78, 5) is 11.7. The Labute approximate surface area is 96.9 Å². The van der Waals surface area contributed by atoms with E-state index in [9.17, 15) is 4.79 Å². The van der Waals surface area contributed by atoms with Gasteiger partial charge in [0.25, 0.3) is 0 Å². The van der Waals surface area contributed by atoms with Crippen molar-refractivity contribution in [1.82, 2.24) is 0 Å². The summed E-state index contributed by atoms with van der Waals surface area (Å²) in [7, 11) is 0. The van der Waals surface area contributed by atoms with Gasteiger partial charge in [-0.25, -0.2) is 4.79 Å². The topological polar surface area (TPSA) is 26.3 Å². The SMILES string of the molecule is C/C=C(/C(=O)OCCC)c1ccc(C)cc1. The molecule has 86 valence electrons. The molecule has 0 N–H and O–H groups in total. The van der Waals surface area contributed by atoms with E-state index in [1.165, 1.54) is 5.56 Å². The van der Waals surface area contributed by atoms with Crippen LogP contribution in [0.15, 0.2) is 30.3 Å². The third kappa shape index (κ3) is 3.23. The van der Waals surface area contributed by atoms with E-state index in [-0.39, 0.29) is 5.97 Å². The molecule has 0 radical (unpaired) electrons. The fourth-order valence-corrected chi connectivity index (χ4v) is 1.41. The van der Waals surface area contributed by atoms with Crippen LogP contribution in [0.25, 0.3) is 5.57 Å². The highest BCUT2D eigenvalue weighted by Gasteiger charge is 2.11. The van der Waals surface area contributed by atoms with Gasteiger partial charge in [0, 0.05) is 0 Å². The van der Waals surface area contributed by atoms with Crippen molar-refractivity contribution in [1.29, 1.82) is 0 Å². The second kappa shape index (κ2) is 6.11. The number of benzene rings is 1. The number of hydrogen-bond acceptors (Lipinski definition) is 2. The second-order valence-electron chi connectivity index (χ2n) is 3.70. The Morgan fingerprint density at radius 1 is 1.31 bits per heavy atom. The van der Waals surface area contributed by atoms with Gasteiger partial charge in [-0.15, -0.1) is 0 Å². The van der Waals surface area contributed by atoms with Gasteiger partial charge in [-0.3, -0.25) is 0 Å². The van der Waals surface area contributed by atoms with E-state index < -0.39 is 0 Å². The Morgan fingerprint density at radius 2 is 1.94 bits per heavy atom. The van der Waals surface area contributed by atoms with Crippen LogP contribution in [0.1, 0.15) is 31.4 Å². The lowest BCUT2D eigenvalue weighted by Crippen LogP contribution is -2.07. The van der Waals surface area contributed by atoms with Crippen LogP contribution in [0, 0.1) is 6.92 Å².